The average Bonchev–Trinajstić information content (AvgIpc) is 2.37. The molecule has 6 heteroatoms. The molecule has 1 aliphatic rings. The van der Waals surface area contributed by atoms with Gasteiger partial charge in [0.05, 0.1) is 5.41 Å². The molecule has 1 rings (SSSR count). The standard InChI is InChI=1S/C12H22N2O3S/c1-3-12(2,10(15)16)8-13-11(17)14-9-5-4-6-18-7-9/h9H,3-8H2,1-2H3,(H,15,16)(H2,13,14,17). The third-order valence-electron chi connectivity index (χ3n) is 3.43. The Hall–Kier alpha value is -0.910. The Bertz CT molecular complexity index is 306. The molecule has 1 fully saturated rings. The van der Waals surface area contributed by atoms with Gasteiger partial charge in [0.25, 0.3) is 0 Å². The number of hydrogen-bond acceptors (Lipinski definition) is 3. The van der Waals surface area contributed by atoms with Crippen molar-refractivity contribution < 1.29 is 14.7 Å². The van der Waals surface area contributed by atoms with E-state index in [2.05, 4.69) is 10.6 Å². The monoisotopic (exact) mass is 274 g/mol. The van der Waals surface area contributed by atoms with Crippen LogP contribution in [0, 0.1) is 5.41 Å². The van der Waals surface area contributed by atoms with E-state index in [9.17, 15) is 9.59 Å². The van der Waals surface area contributed by atoms with Gasteiger partial charge in [-0.1, -0.05) is 6.92 Å². The van der Waals surface area contributed by atoms with E-state index in [1.807, 2.05) is 18.7 Å². The van der Waals surface area contributed by atoms with Crippen LogP contribution in [0.2, 0.25) is 0 Å². The number of rotatable bonds is 5. The number of amides is 2. The number of carboxylic acids is 1. The van der Waals surface area contributed by atoms with Crippen molar-refractivity contribution >= 4 is 23.8 Å². The highest BCUT2D eigenvalue weighted by atomic mass is 32.2. The third kappa shape index (κ3) is 4.40. The molecule has 0 spiro atoms. The lowest BCUT2D eigenvalue weighted by Gasteiger charge is -2.26. The topological polar surface area (TPSA) is 78.4 Å². The lowest BCUT2D eigenvalue weighted by atomic mass is 9.88. The molecule has 0 aromatic carbocycles. The van der Waals surface area contributed by atoms with Crippen LogP contribution in [0.5, 0.6) is 0 Å². The highest BCUT2D eigenvalue weighted by Gasteiger charge is 2.31. The van der Waals surface area contributed by atoms with Crippen LogP contribution in [-0.2, 0) is 4.79 Å². The van der Waals surface area contributed by atoms with Crippen molar-refractivity contribution in [3.05, 3.63) is 0 Å². The zero-order valence-corrected chi connectivity index (χ0v) is 11.8. The van der Waals surface area contributed by atoms with E-state index in [1.165, 1.54) is 0 Å². The fraction of sp³-hybridized carbons (Fsp3) is 0.833. The van der Waals surface area contributed by atoms with Crippen molar-refractivity contribution in [2.45, 2.75) is 39.2 Å². The quantitative estimate of drug-likeness (QED) is 0.713. The zero-order chi connectivity index (χ0) is 13.6. The summed E-state index contributed by atoms with van der Waals surface area (Å²) < 4.78 is 0. The van der Waals surface area contributed by atoms with E-state index >= 15 is 0 Å². The Morgan fingerprint density at radius 3 is 2.72 bits per heavy atom. The van der Waals surface area contributed by atoms with E-state index in [0.717, 1.165) is 24.3 Å². The van der Waals surface area contributed by atoms with E-state index in [1.54, 1.807) is 6.92 Å². The van der Waals surface area contributed by atoms with Crippen molar-refractivity contribution in [1.29, 1.82) is 0 Å². The number of aliphatic carboxylic acids is 1. The molecule has 2 unspecified atom stereocenters. The molecule has 2 amide bonds. The Kier molecular flexibility index (Phi) is 5.78. The molecule has 1 heterocycles. The number of carboxylic acid groups (broad SMARTS) is 1. The molecule has 0 radical (unpaired) electrons. The van der Waals surface area contributed by atoms with Gasteiger partial charge in [-0.25, -0.2) is 4.79 Å². The molecule has 18 heavy (non-hydrogen) atoms. The summed E-state index contributed by atoms with van der Waals surface area (Å²) in [5.74, 6) is 1.22. The molecule has 0 saturated carbocycles. The van der Waals surface area contributed by atoms with Gasteiger partial charge in [0, 0.05) is 18.3 Å². The van der Waals surface area contributed by atoms with Crippen LogP contribution in [0.3, 0.4) is 0 Å². The second-order valence-electron chi connectivity index (χ2n) is 4.96. The minimum Gasteiger partial charge on any atom is -0.481 e. The van der Waals surface area contributed by atoms with Crippen LogP contribution in [0.4, 0.5) is 4.79 Å². The molecular formula is C12H22N2O3S. The summed E-state index contributed by atoms with van der Waals surface area (Å²) in [6.45, 7) is 3.61. The van der Waals surface area contributed by atoms with Crippen molar-refractivity contribution in [1.82, 2.24) is 10.6 Å². The lowest BCUT2D eigenvalue weighted by Crippen LogP contribution is -2.48. The van der Waals surface area contributed by atoms with Crippen LogP contribution in [0.15, 0.2) is 0 Å². The normalized spacial score (nSPS) is 22.9. The first-order valence-corrected chi connectivity index (χ1v) is 7.49. The van der Waals surface area contributed by atoms with Gasteiger partial charge in [0.2, 0.25) is 0 Å². The second-order valence-corrected chi connectivity index (χ2v) is 6.11. The van der Waals surface area contributed by atoms with E-state index < -0.39 is 11.4 Å². The van der Waals surface area contributed by atoms with Gasteiger partial charge in [-0.2, -0.15) is 11.8 Å². The fourth-order valence-electron chi connectivity index (χ4n) is 1.72. The Balaban J connectivity index is 2.33. The van der Waals surface area contributed by atoms with E-state index in [0.29, 0.717) is 6.42 Å². The number of urea groups is 1. The number of hydrogen-bond donors (Lipinski definition) is 3. The number of carbonyl (C=O) groups excluding carboxylic acids is 1. The molecule has 1 saturated heterocycles. The van der Waals surface area contributed by atoms with Crippen molar-refractivity contribution in [3.8, 4) is 0 Å². The molecule has 3 N–H and O–H groups in total. The minimum atomic E-state index is -0.890. The smallest absolute Gasteiger partial charge is 0.315 e. The first kappa shape index (κ1) is 15.1. The molecule has 0 aromatic rings. The van der Waals surface area contributed by atoms with Crippen LogP contribution >= 0.6 is 11.8 Å². The van der Waals surface area contributed by atoms with Gasteiger partial charge in [-0.15, -0.1) is 0 Å². The number of nitrogens with one attached hydrogen (secondary N) is 2. The first-order valence-electron chi connectivity index (χ1n) is 6.33. The summed E-state index contributed by atoms with van der Waals surface area (Å²) >= 11 is 1.84. The maximum atomic E-state index is 11.7. The van der Waals surface area contributed by atoms with E-state index in [-0.39, 0.29) is 18.6 Å². The SMILES string of the molecule is CCC(C)(CNC(=O)NC1CCCSC1)C(=O)O. The average molecular weight is 274 g/mol. The van der Waals surface area contributed by atoms with Gasteiger partial charge >= 0.3 is 12.0 Å². The maximum absolute atomic E-state index is 11.7. The first-order chi connectivity index (χ1) is 8.48. The zero-order valence-electron chi connectivity index (χ0n) is 11.0. The highest BCUT2D eigenvalue weighted by molar-refractivity contribution is 7.99. The van der Waals surface area contributed by atoms with Gasteiger partial charge < -0.3 is 15.7 Å². The van der Waals surface area contributed by atoms with Gasteiger partial charge in [0.15, 0.2) is 0 Å². The predicted octanol–water partition coefficient (Wildman–Crippen LogP) is 1.68. The fourth-order valence-corrected chi connectivity index (χ4v) is 2.79. The Morgan fingerprint density at radius 2 is 2.22 bits per heavy atom. The summed E-state index contributed by atoms with van der Waals surface area (Å²) in [4.78, 5) is 22.8. The lowest BCUT2D eigenvalue weighted by molar-refractivity contribution is -0.147. The highest BCUT2D eigenvalue weighted by Crippen LogP contribution is 2.20. The summed E-state index contributed by atoms with van der Waals surface area (Å²) in [6.07, 6.45) is 2.61. The van der Waals surface area contributed by atoms with Crippen LogP contribution < -0.4 is 10.6 Å². The molecule has 0 aliphatic carbocycles. The molecular weight excluding hydrogens is 252 g/mol. The van der Waals surface area contributed by atoms with Crippen molar-refractivity contribution in [2.75, 3.05) is 18.1 Å². The molecule has 104 valence electrons. The summed E-state index contributed by atoms with van der Waals surface area (Å²) in [5, 5.41) is 14.6. The maximum Gasteiger partial charge on any atom is 0.315 e. The molecule has 0 bridgehead atoms. The van der Waals surface area contributed by atoms with Crippen LogP contribution in [0.25, 0.3) is 0 Å². The van der Waals surface area contributed by atoms with Crippen LogP contribution in [0.1, 0.15) is 33.1 Å². The Morgan fingerprint density at radius 1 is 1.50 bits per heavy atom. The van der Waals surface area contributed by atoms with Crippen LogP contribution in [-0.4, -0.2) is 41.2 Å². The summed E-state index contributed by atoms with van der Waals surface area (Å²) in [5.41, 5.74) is -0.890. The van der Waals surface area contributed by atoms with Gasteiger partial charge in [-0.05, 0) is 31.9 Å². The van der Waals surface area contributed by atoms with Gasteiger partial charge in [0.1, 0.15) is 0 Å². The van der Waals surface area contributed by atoms with Gasteiger partial charge in [-0.3, -0.25) is 4.79 Å². The van der Waals surface area contributed by atoms with Crippen molar-refractivity contribution in [2.24, 2.45) is 5.41 Å². The molecule has 0 aromatic heterocycles. The van der Waals surface area contributed by atoms with Crippen molar-refractivity contribution in [3.63, 3.8) is 0 Å². The number of thioether (sulfide) groups is 1. The Labute approximate surface area is 112 Å². The third-order valence-corrected chi connectivity index (χ3v) is 4.65. The second kappa shape index (κ2) is 6.87. The molecule has 5 nitrogen and oxygen atoms in total. The largest absolute Gasteiger partial charge is 0.481 e. The number of carbonyl (C=O) groups is 2. The summed E-state index contributed by atoms with van der Waals surface area (Å²) in [6, 6.07) is -0.0510. The summed E-state index contributed by atoms with van der Waals surface area (Å²) in [7, 11) is 0. The van der Waals surface area contributed by atoms with E-state index in [4.69, 9.17) is 5.11 Å². The molecule has 1 aliphatic heterocycles. The predicted molar refractivity (Wildman–Crippen MR) is 72.9 cm³/mol. The minimum absolute atomic E-state index is 0.157. The molecule has 2 atom stereocenters.